The fourth-order valence-corrected chi connectivity index (χ4v) is 1.99. The minimum absolute atomic E-state index is 0.510. The zero-order valence-electron chi connectivity index (χ0n) is 11.5. The van der Waals surface area contributed by atoms with E-state index in [2.05, 4.69) is 50.4 Å². The summed E-state index contributed by atoms with van der Waals surface area (Å²) < 4.78 is 5.13. The van der Waals surface area contributed by atoms with E-state index in [1.165, 1.54) is 11.1 Å². The van der Waals surface area contributed by atoms with Crippen molar-refractivity contribution >= 4 is 0 Å². The number of rotatable bonds is 7. The molecular weight excluding hydrogens is 210 g/mol. The molecule has 17 heavy (non-hydrogen) atoms. The highest BCUT2D eigenvalue weighted by atomic mass is 16.5. The van der Waals surface area contributed by atoms with Crippen LogP contribution in [0.15, 0.2) is 24.3 Å². The van der Waals surface area contributed by atoms with Gasteiger partial charge in [-0.15, -0.1) is 0 Å². The van der Waals surface area contributed by atoms with Crippen LogP contribution in [-0.4, -0.2) is 26.3 Å². The average molecular weight is 235 g/mol. The predicted molar refractivity (Wildman–Crippen MR) is 73.4 cm³/mol. The van der Waals surface area contributed by atoms with Gasteiger partial charge in [0.05, 0.1) is 0 Å². The minimum Gasteiger partial charge on any atom is -0.384 e. The first kappa shape index (κ1) is 14.2. The Balaban J connectivity index is 2.34. The quantitative estimate of drug-likeness (QED) is 0.784. The number of nitrogens with one attached hydrogen (secondary N) is 1. The molecule has 2 atom stereocenters. The highest BCUT2D eigenvalue weighted by molar-refractivity contribution is 5.26. The summed E-state index contributed by atoms with van der Waals surface area (Å²) in [6.07, 6.45) is 1.09. The van der Waals surface area contributed by atoms with Gasteiger partial charge < -0.3 is 10.1 Å². The molecule has 1 N–H and O–H groups in total. The molecule has 0 saturated heterocycles. The Hall–Kier alpha value is -0.860. The maximum absolute atomic E-state index is 5.13. The Morgan fingerprint density at radius 1 is 1.24 bits per heavy atom. The first-order chi connectivity index (χ1) is 8.13. The van der Waals surface area contributed by atoms with Crippen LogP contribution in [0.3, 0.4) is 0 Å². The summed E-state index contributed by atoms with van der Waals surface area (Å²) in [5.41, 5.74) is 2.82. The highest BCUT2D eigenvalue weighted by Gasteiger charge is 2.07. The van der Waals surface area contributed by atoms with E-state index in [0.717, 1.165) is 19.6 Å². The van der Waals surface area contributed by atoms with Gasteiger partial charge in [0.25, 0.3) is 0 Å². The number of ether oxygens (including phenoxy) is 1. The van der Waals surface area contributed by atoms with Crippen molar-refractivity contribution in [3.63, 3.8) is 0 Å². The van der Waals surface area contributed by atoms with Gasteiger partial charge in [-0.05, 0) is 37.3 Å². The van der Waals surface area contributed by atoms with Crippen molar-refractivity contribution in [3.8, 4) is 0 Å². The lowest BCUT2D eigenvalue weighted by atomic mass is 10.0. The first-order valence-electron chi connectivity index (χ1n) is 6.40. The van der Waals surface area contributed by atoms with Gasteiger partial charge in [0.15, 0.2) is 0 Å². The van der Waals surface area contributed by atoms with Crippen molar-refractivity contribution in [2.45, 2.75) is 33.2 Å². The summed E-state index contributed by atoms with van der Waals surface area (Å²) in [7, 11) is 1.76. The second kappa shape index (κ2) is 7.46. The van der Waals surface area contributed by atoms with Crippen molar-refractivity contribution < 1.29 is 4.74 Å². The van der Waals surface area contributed by atoms with Gasteiger partial charge in [-0.3, -0.25) is 0 Å². The standard InChI is InChI=1S/C15H25NO/c1-12(11-17-4)10-16-14(3)9-15-8-6-5-7-13(15)2/h5-8,12,14,16H,9-11H2,1-4H3. The summed E-state index contributed by atoms with van der Waals surface area (Å²) in [5, 5.41) is 3.56. The third kappa shape index (κ3) is 5.33. The van der Waals surface area contributed by atoms with Crippen molar-refractivity contribution in [3.05, 3.63) is 35.4 Å². The number of methoxy groups -OCH3 is 1. The van der Waals surface area contributed by atoms with Crippen molar-refractivity contribution in [1.29, 1.82) is 0 Å². The molecule has 0 heterocycles. The van der Waals surface area contributed by atoms with E-state index in [0.29, 0.717) is 12.0 Å². The van der Waals surface area contributed by atoms with E-state index in [-0.39, 0.29) is 0 Å². The Bertz CT molecular complexity index is 324. The van der Waals surface area contributed by atoms with Crippen molar-refractivity contribution in [1.82, 2.24) is 5.32 Å². The number of hydrogen-bond acceptors (Lipinski definition) is 2. The molecule has 1 rings (SSSR count). The minimum atomic E-state index is 0.510. The van der Waals surface area contributed by atoms with E-state index in [9.17, 15) is 0 Å². The zero-order chi connectivity index (χ0) is 12.7. The van der Waals surface area contributed by atoms with E-state index in [4.69, 9.17) is 4.74 Å². The Morgan fingerprint density at radius 3 is 2.59 bits per heavy atom. The molecule has 0 aliphatic rings. The molecule has 2 heteroatoms. The third-order valence-corrected chi connectivity index (χ3v) is 3.05. The van der Waals surface area contributed by atoms with Gasteiger partial charge in [0.1, 0.15) is 0 Å². The molecule has 0 aromatic heterocycles. The summed E-state index contributed by atoms with van der Waals surface area (Å²) in [6.45, 7) is 8.46. The first-order valence-corrected chi connectivity index (χ1v) is 6.40. The molecule has 0 bridgehead atoms. The summed E-state index contributed by atoms with van der Waals surface area (Å²) >= 11 is 0. The molecule has 0 radical (unpaired) electrons. The van der Waals surface area contributed by atoms with Gasteiger partial charge in [0.2, 0.25) is 0 Å². The summed E-state index contributed by atoms with van der Waals surface area (Å²) in [5.74, 6) is 0.569. The smallest absolute Gasteiger partial charge is 0.0499 e. The number of aryl methyl sites for hydroxylation is 1. The summed E-state index contributed by atoms with van der Waals surface area (Å²) in [4.78, 5) is 0. The van der Waals surface area contributed by atoms with Crippen LogP contribution in [0.2, 0.25) is 0 Å². The van der Waals surface area contributed by atoms with Crippen LogP contribution in [0.25, 0.3) is 0 Å². The van der Waals surface area contributed by atoms with Crippen LogP contribution in [0.4, 0.5) is 0 Å². The van der Waals surface area contributed by atoms with Gasteiger partial charge in [-0.2, -0.15) is 0 Å². The Morgan fingerprint density at radius 2 is 1.94 bits per heavy atom. The van der Waals surface area contributed by atoms with Gasteiger partial charge in [0, 0.05) is 26.3 Å². The van der Waals surface area contributed by atoms with Crippen molar-refractivity contribution in [2.24, 2.45) is 5.92 Å². The van der Waals surface area contributed by atoms with E-state index in [1.54, 1.807) is 7.11 Å². The van der Waals surface area contributed by atoms with Crippen LogP contribution in [0.5, 0.6) is 0 Å². The number of hydrogen-bond donors (Lipinski definition) is 1. The maximum atomic E-state index is 5.13. The normalized spacial score (nSPS) is 14.6. The molecule has 0 amide bonds. The molecule has 0 aliphatic heterocycles. The Kier molecular flexibility index (Phi) is 6.23. The molecule has 1 aromatic carbocycles. The largest absolute Gasteiger partial charge is 0.384 e. The number of benzene rings is 1. The molecule has 2 unspecified atom stereocenters. The predicted octanol–water partition coefficient (Wildman–Crippen LogP) is 2.80. The van der Waals surface area contributed by atoms with Crippen LogP contribution in [0.1, 0.15) is 25.0 Å². The van der Waals surface area contributed by atoms with Gasteiger partial charge in [-0.1, -0.05) is 31.2 Å². The lowest BCUT2D eigenvalue weighted by Crippen LogP contribution is -2.33. The van der Waals surface area contributed by atoms with Gasteiger partial charge >= 0.3 is 0 Å². The molecule has 1 aromatic rings. The van der Waals surface area contributed by atoms with Gasteiger partial charge in [-0.25, -0.2) is 0 Å². The fraction of sp³-hybridized carbons (Fsp3) is 0.600. The van der Waals surface area contributed by atoms with Crippen molar-refractivity contribution in [2.75, 3.05) is 20.3 Å². The fourth-order valence-electron chi connectivity index (χ4n) is 1.99. The monoisotopic (exact) mass is 235 g/mol. The molecule has 0 fully saturated rings. The maximum Gasteiger partial charge on any atom is 0.0499 e. The molecule has 2 nitrogen and oxygen atoms in total. The zero-order valence-corrected chi connectivity index (χ0v) is 11.5. The second-order valence-electron chi connectivity index (χ2n) is 5.00. The Labute approximate surface area is 105 Å². The van der Waals surface area contributed by atoms with E-state index >= 15 is 0 Å². The second-order valence-corrected chi connectivity index (χ2v) is 5.00. The highest BCUT2D eigenvalue weighted by Crippen LogP contribution is 2.09. The lowest BCUT2D eigenvalue weighted by molar-refractivity contribution is 0.157. The van der Waals surface area contributed by atoms with E-state index < -0.39 is 0 Å². The molecule has 0 spiro atoms. The van der Waals surface area contributed by atoms with Crippen LogP contribution >= 0.6 is 0 Å². The van der Waals surface area contributed by atoms with E-state index in [1.807, 2.05) is 0 Å². The molecule has 96 valence electrons. The van der Waals surface area contributed by atoms with Crippen LogP contribution < -0.4 is 5.32 Å². The molecule has 0 aliphatic carbocycles. The molecular formula is C15H25NO. The lowest BCUT2D eigenvalue weighted by Gasteiger charge is -2.18. The topological polar surface area (TPSA) is 21.3 Å². The third-order valence-electron chi connectivity index (χ3n) is 3.05. The van der Waals surface area contributed by atoms with Crippen LogP contribution in [0, 0.1) is 12.8 Å². The van der Waals surface area contributed by atoms with Crippen LogP contribution in [-0.2, 0) is 11.2 Å². The summed E-state index contributed by atoms with van der Waals surface area (Å²) in [6, 6.07) is 9.11. The average Bonchev–Trinajstić information content (AvgIpc) is 2.30. The molecule has 0 saturated carbocycles. The SMILES string of the molecule is COCC(C)CNC(C)Cc1ccccc1C.